The van der Waals surface area contributed by atoms with Crippen LogP contribution in [0.15, 0.2) is 57.7 Å². The van der Waals surface area contributed by atoms with Gasteiger partial charge < -0.3 is 19.5 Å². The number of likely N-dealkylation sites (tertiary alicyclic amines) is 1. The van der Waals surface area contributed by atoms with E-state index in [4.69, 9.17) is 4.42 Å². The summed E-state index contributed by atoms with van der Waals surface area (Å²) in [5, 5.41) is 3.77. The van der Waals surface area contributed by atoms with Gasteiger partial charge in [-0.1, -0.05) is 0 Å². The van der Waals surface area contributed by atoms with Crippen molar-refractivity contribution in [2.24, 2.45) is 5.92 Å². The van der Waals surface area contributed by atoms with Crippen LogP contribution >= 0.6 is 0 Å². The number of benzene rings is 2. The Morgan fingerprint density at radius 1 is 1.03 bits per heavy atom. The number of rotatable bonds is 4. The largest absolute Gasteiger partial charge is 0.423 e. The predicted octanol–water partition coefficient (Wildman–Crippen LogP) is 3.66. The fourth-order valence-electron chi connectivity index (χ4n) is 4.08. The average Bonchev–Trinajstić information content (AvgIpc) is 2.78. The molecule has 0 bridgehead atoms. The highest BCUT2D eigenvalue weighted by Gasteiger charge is 2.28. The van der Waals surface area contributed by atoms with E-state index in [0.29, 0.717) is 42.8 Å². The molecule has 1 aliphatic rings. The van der Waals surface area contributed by atoms with Crippen molar-refractivity contribution in [3.05, 3.63) is 70.1 Å². The van der Waals surface area contributed by atoms with Crippen molar-refractivity contribution in [1.82, 2.24) is 4.90 Å². The Labute approximate surface area is 186 Å². The first kappa shape index (κ1) is 21.6. The number of carbonyl (C=O) groups is 2. The SMILES string of the molecule is Cc1cc(=O)oc2cc(NC(=O)C3CCN(C(=O)c4ccc(N(C)C)cc4)CC3)ccc12. The van der Waals surface area contributed by atoms with Crippen molar-refractivity contribution < 1.29 is 14.0 Å². The van der Waals surface area contributed by atoms with E-state index in [1.165, 1.54) is 6.07 Å². The van der Waals surface area contributed by atoms with E-state index in [9.17, 15) is 14.4 Å². The highest BCUT2D eigenvalue weighted by Crippen LogP contribution is 2.24. The maximum absolute atomic E-state index is 12.8. The summed E-state index contributed by atoms with van der Waals surface area (Å²) in [6.07, 6.45) is 1.21. The van der Waals surface area contributed by atoms with Gasteiger partial charge in [0.15, 0.2) is 0 Å². The van der Waals surface area contributed by atoms with Gasteiger partial charge in [-0.25, -0.2) is 4.79 Å². The first-order valence-electron chi connectivity index (χ1n) is 10.7. The second-order valence-electron chi connectivity index (χ2n) is 8.46. The van der Waals surface area contributed by atoms with E-state index in [1.54, 1.807) is 6.07 Å². The lowest BCUT2D eigenvalue weighted by molar-refractivity contribution is -0.121. The van der Waals surface area contributed by atoms with Crippen LogP contribution in [0.5, 0.6) is 0 Å². The Kier molecular flexibility index (Phi) is 5.99. The summed E-state index contributed by atoms with van der Waals surface area (Å²) in [7, 11) is 3.92. The van der Waals surface area contributed by atoms with Crippen LogP contribution in [0.2, 0.25) is 0 Å². The Morgan fingerprint density at radius 3 is 2.38 bits per heavy atom. The van der Waals surface area contributed by atoms with Crippen molar-refractivity contribution in [3.8, 4) is 0 Å². The third-order valence-electron chi connectivity index (χ3n) is 6.00. The van der Waals surface area contributed by atoms with Gasteiger partial charge in [-0.05, 0) is 61.7 Å². The van der Waals surface area contributed by atoms with Crippen LogP contribution < -0.4 is 15.8 Å². The third kappa shape index (κ3) is 4.51. The zero-order valence-electron chi connectivity index (χ0n) is 18.6. The molecule has 4 rings (SSSR count). The molecule has 7 heteroatoms. The van der Waals surface area contributed by atoms with E-state index in [0.717, 1.165) is 16.6 Å². The van der Waals surface area contributed by atoms with Crippen molar-refractivity contribution >= 4 is 34.2 Å². The van der Waals surface area contributed by atoms with Crippen LogP contribution in [0.1, 0.15) is 28.8 Å². The molecule has 0 saturated carbocycles. The summed E-state index contributed by atoms with van der Waals surface area (Å²) in [5.41, 5.74) is 3.17. The standard InChI is InChI=1S/C25H27N3O4/c1-16-14-23(29)32-22-15-19(6-9-21(16)22)26-24(30)17-10-12-28(13-11-17)25(31)18-4-7-20(8-5-18)27(2)3/h4-9,14-15,17H,10-13H2,1-3H3,(H,26,30). The highest BCUT2D eigenvalue weighted by atomic mass is 16.4. The van der Waals surface area contributed by atoms with Crippen LogP contribution in [0, 0.1) is 12.8 Å². The zero-order chi connectivity index (χ0) is 22.8. The van der Waals surface area contributed by atoms with Gasteiger partial charge in [-0.15, -0.1) is 0 Å². The molecule has 2 amide bonds. The van der Waals surface area contributed by atoms with Crippen molar-refractivity contribution in [2.75, 3.05) is 37.4 Å². The van der Waals surface area contributed by atoms with Gasteiger partial charge >= 0.3 is 5.63 Å². The summed E-state index contributed by atoms with van der Waals surface area (Å²) in [5.74, 6) is -0.258. The number of aryl methyl sites for hydroxylation is 1. The van der Waals surface area contributed by atoms with E-state index in [1.807, 2.05) is 67.2 Å². The molecule has 2 aromatic carbocycles. The minimum Gasteiger partial charge on any atom is -0.423 e. The van der Waals surface area contributed by atoms with Gasteiger partial charge in [0.25, 0.3) is 5.91 Å². The lowest BCUT2D eigenvalue weighted by Crippen LogP contribution is -2.41. The Balaban J connectivity index is 1.36. The molecule has 0 radical (unpaired) electrons. The molecular formula is C25H27N3O4. The van der Waals surface area contributed by atoms with Gasteiger partial charge in [0, 0.05) is 67.6 Å². The summed E-state index contributed by atoms with van der Waals surface area (Å²) in [4.78, 5) is 41.0. The van der Waals surface area contributed by atoms with Crippen molar-refractivity contribution in [3.63, 3.8) is 0 Å². The van der Waals surface area contributed by atoms with Gasteiger partial charge in [-0.2, -0.15) is 0 Å². The molecule has 0 unspecified atom stereocenters. The quantitative estimate of drug-likeness (QED) is 0.635. The van der Waals surface area contributed by atoms with E-state index in [-0.39, 0.29) is 17.7 Å². The maximum Gasteiger partial charge on any atom is 0.336 e. The molecule has 3 aromatic rings. The Morgan fingerprint density at radius 2 is 1.72 bits per heavy atom. The number of anilines is 2. The fraction of sp³-hybridized carbons (Fsp3) is 0.320. The summed E-state index contributed by atoms with van der Waals surface area (Å²) in [6, 6.07) is 14.3. The third-order valence-corrected chi connectivity index (χ3v) is 6.00. The number of hydrogen-bond acceptors (Lipinski definition) is 5. The Bertz CT molecular complexity index is 1210. The monoisotopic (exact) mass is 433 g/mol. The predicted molar refractivity (Wildman–Crippen MR) is 125 cm³/mol. The summed E-state index contributed by atoms with van der Waals surface area (Å²) >= 11 is 0. The van der Waals surface area contributed by atoms with E-state index >= 15 is 0 Å². The lowest BCUT2D eigenvalue weighted by Gasteiger charge is -2.31. The van der Waals surface area contributed by atoms with Crippen LogP contribution in [-0.2, 0) is 4.79 Å². The molecular weight excluding hydrogens is 406 g/mol. The number of nitrogens with zero attached hydrogens (tertiary/aromatic N) is 2. The molecule has 166 valence electrons. The topological polar surface area (TPSA) is 82.9 Å². The van der Waals surface area contributed by atoms with Gasteiger partial charge in [-0.3, -0.25) is 9.59 Å². The number of piperidine rings is 1. The van der Waals surface area contributed by atoms with Crippen molar-refractivity contribution in [1.29, 1.82) is 0 Å². The molecule has 1 fully saturated rings. The van der Waals surface area contributed by atoms with Crippen molar-refractivity contribution in [2.45, 2.75) is 19.8 Å². The maximum atomic E-state index is 12.8. The molecule has 1 saturated heterocycles. The normalized spacial score (nSPS) is 14.4. The van der Waals surface area contributed by atoms with Crippen LogP contribution in [-0.4, -0.2) is 43.9 Å². The Hall–Kier alpha value is -3.61. The number of fused-ring (bicyclic) bond motifs is 1. The highest BCUT2D eigenvalue weighted by molar-refractivity contribution is 5.96. The van der Waals surface area contributed by atoms with Gasteiger partial charge in [0.1, 0.15) is 5.58 Å². The molecule has 0 spiro atoms. The minimum atomic E-state index is -0.410. The van der Waals surface area contributed by atoms with Crippen LogP contribution in [0.25, 0.3) is 11.0 Å². The first-order valence-corrected chi connectivity index (χ1v) is 10.7. The number of carbonyl (C=O) groups excluding carboxylic acids is 2. The fourth-order valence-corrected chi connectivity index (χ4v) is 4.08. The molecule has 0 aliphatic carbocycles. The summed E-state index contributed by atoms with van der Waals surface area (Å²) in [6.45, 7) is 2.93. The second-order valence-corrected chi connectivity index (χ2v) is 8.46. The smallest absolute Gasteiger partial charge is 0.336 e. The molecule has 7 nitrogen and oxygen atoms in total. The molecule has 32 heavy (non-hydrogen) atoms. The van der Waals surface area contributed by atoms with Crippen LogP contribution in [0.3, 0.4) is 0 Å². The zero-order valence-corrected chi connectivity index (χ0v) is 18.6. The summed E-state index contributed by atoms with van der Waals surface area (Å²) < 4.78 is 5.26. The number of nitrogens with one attached hydrogen (secondary N) is 1. The first-order chi connectivity index (χ1) is 15.3. The van der Waals surface area contributed by atoms with Gasteiger partial charge in [0.2, 0.25) is 5.91 Å². The average molecular weight is 434 g/mol. The molecule has 2 heterocycles. The second kappa shape index (κ2) is 8.86. The van der Waals surface area contributed by atoms with E-state index in [2.05, 4.69) is 5.32 Å². The number of hydrogen-bond donors (Lipinski definition) is 1. The van der Waals surface area contributed by atoms with Crippen LogP contribution in [0.4, 0.5) is 11.4 Å². The van der Waals surface area contributed by atoms with E-state index < -0.39 is 5.63 Å². The molecule has 1 N–H and O–H groups in total. The number of amides is 2. The molecule has 1 aromatic heterocycles. The molecule has 0 atom stereocenters. The minimum absolute atomic E-state index is 0.00547. The van der Waals surface area contributed by atoms with Gasteiger partial charge in [0.05, 0.1) is 0 Å². The molecule has 1 aliphatic heterocycles. The lowest BCUT2D eigenvalue weighted by atomic mass is 9.95.